The van der Waals surface area contributed by atoms with Crippen LogP contribution in [0.25, 0.3) is 22.2 Å². The molecule has 27 heavy (non-hydrogen) atoms. The number of benzene rings is 1. The number of pyridine rings is 1. The molecule has 0 saturated heterocycles. The number of fused-ring (bicyclic) bond motifs is 1. The average molecular weight is 364 g/mol. The van der Waals surface area contributed by atoms with Crippen LogP contribution < -0.4 is 5.32 Å². The summed E-state index contributed by atoms with van der Waals surface area (Å²) in [6, 6.07) is 10.5. The fourth-order valence-corrected chi connectivity index (χ4v) is 3.52. The zero-order valence-electron chi connectivity index (χ0n) is 16.8. The van der Waals surface area contributed by atoms with Crippen molar-refractivity contribution in [2.75, 3.05) is 14.1 Å². The number of nitrogens with zero attached hydrogens (tertiary/aromatic N) is 2. The van der Waals surface area contributed by atoms with Gasteiger partial charge in [-0.3, -0.25) is 14.7 Å². The van der Waals surface area contributed by atoms with E-state index in [9.17, 15) is 4.79 Å². The molecule has 3 rings (SSSR count). The summed E-state index contributed by atoms with van der Waals surface area (Å²) in [6.07, 6.45) is 3.10. The summed E-state index contributed by atoms with van der Waals surface area (Å²) in [5.41, 5.74) is 6.79. The van der Waals surface area contributed by atoms with E-state index >= 15 is 0 Å². The molecule has 2 aromatic heterocycles. The lowest BCUT2D eigenvalue weighted by Gasteiger charge is -2.26. The molecule has 2 heterocycles. The highest BCUT2D eigenvalue weighted by molar-refractivity contribution is 5.91. The van der Waals surface area contributed by atoms with Crippen LogP contribution in [-0.2, 0) is 11.2 Å². The van der Waals surface area contributed by atoms with Crippen molar-refractivity contribution >= 4 is 16.8 Å². The molecule has 0 aliphatic carbocycles. The Kier molecular flexibility index (Phi) is 5.61. The quantitative estimate of drug-likeness (QED) is 0.645. The average Bonchev–Trinajstić information content (AvgIpc) is 3.03. The molecular formula is C22H28N4O. The molecule has 1 atom stereocenters. The Morgan fingerprint density at radius 1 is 1.22 bits per heavy atom. The Balaban J connectivity index is 2.10. The molecule has 5 nitrogen and oxygen atoms in total. The smallest absolute Gasteiger partial charge is 0.221 e. The molecule has 1 amide bonds. The van der Waals surface area contributed by atoms with Crippen LogP contribution in [0.1, 0.15) is 43.3 Å². The van der Waals surface area contributed by atoms with E-state index < -0.39 is 0 Å². The Morgan fingerprint density at radius 3 is 2.63 bits per heavy atom. The first-order valence-corrected chi connectivity index (χ1v) is 9.47. The molecule has 3 aromatic rings. The summed E-state index contributed by atoms with van der Waals surface area (Å²) >= 11 is 0. The summed E-state index contributed by atoms with van der Waals surface area (Å²) in [4.78, 5) is 21.9. The van der Waals surface area contributed by atoms with E-state index in [0.29, 0.717) is 6.42 Å². The molecule has 142 valence electrons. The standard InChI is InChI=1S/C22H28N4O/c1-6-17-18-13-16(22(26(4)5)25-20(27)7-2)8-9-19(18)24-21(17)15-10-11-23-14(3)12-15/h8-13,22,24H,6-7H2,1-5H3,(H,25,27). The van der Waals surface area contributed by atoms with Crippen LogP contribution in [0.5, 0.6) is 0 Å². The number of hydrogen-bond acceptors (Lipinski definition) is 3. The molecule has 0 saturated carbocycles. The van der Waals surface area contributed by atoms with E-state index in [1.54, 1.807) is 0 Å². The predicted molar refractivity (Wildman–Crippen MR) is 111 cm³/mol. The van der Waals surface area contributed by atoms with Gasteiger partial charge in [0.2, 0.25) is 5.91 Å². The van der Waals surface area contributed by atoms with Gasteiger partial charge in [0, 0.05) is 40.5 Å². The van der Waals surface area contributed by atoms with Gasteiger partial charge in [0.05, 0.1) is 0 Å². The molecular weight excluding hydrogens is 336 g/mol. The second-order valence-electron chi connectivity index (χ2n) is 7.11. The third-order valence-electron chi connectivity index (χ3n) is 4.92. The first-order valence-electron chi connectivity index (χ1n) is 9.47. The second-order valence-corrected chi connectivity index (χ2v) is 7.11. The fourth-order valence-electron chi connectivity index (χ4n) is 3.52. The zero-order chi connectivity index (χ0) is 19.6. The molecule has 0 fully saturated rings. The summed E-state index contributed by atoms with van der Waals surface area (Å²) in [5, 5.41) is 4.30. The van der Waals surface area contributed by atoms with Crippen molar-refractivity contribution in [2.45, 2.75) is 39.8 Å². The predicted octanol–water partition coefficient (Wildman–Crippen LogP) is 4.19. The maximum absolute atomic E-state index is 12.0. The SMILES string of the molecule is CCC(=O)NC(c1ccc2[nH]c(-c3ccnc(C)c3)c(CC)c2c1)N(C)C. The molecule has 5 heteroatoms. The summed E-state index contributed by atoms with van der Waals surface area (Å²) in [7, 11) is 3.96. The first-order chi connectivity index (χ1) is 12.9. The number of hydrogen-bond donors (Lipinski definition) is 2. The number of aryl methyl sites for hydroxylation is 2. The highest BCUT2D eigenvalue weighted by Crippen LogP contribution is 2.32. The van der Waals surface area contributed by atoms with Gasteiger partial charge >= 0.3 is 0 Å². The Bertz CT molecular complexity index is 958. The topological polar surface area (TPSA) is 61.0 Å². The van der Waals surface area contributed by atoms with E-state index in [1.165, 1.54) is 10.9 Å². The number of carbonyl (C=O) groups is 1. The molecule has 0 radical (unpaired) electrons. The number of aromatic amines is 1. The van der Waals surface area contributed by atoms with E-state index in [0.717, 1.165) is 34.5 Å². The highest BCUT2D eigenvalue weighted by atomic mass is 16.1. The van der Waals surface area contributed by atoms with Crippen molar-refractivity contribution in [1.29, 1.82) is 0 Å². The third-order valence-corrected chi connectivity index (χ3v) is 4.92. The zero-order valence-corrected chi connectivity index (χ0v) is 16.8. The van der Waals surface area contributed by atoms with Gasteiger partial charge in [0.25, 0.3) is 0 Å². The molecule has 0 aliphatic heterocycles. The van der Waals surface area contributed by atoms with Gasteiger partial charge in [-0.25, -0.2) is 0 Å². The number of rotatable bonds is 6. The normalized spacial score (nSPS) is 12.5. The first kappa shape index (κ1) is 19.1. The van der Waals surface area contributed by atoms with Crippen LogP contribution in [0.3, 0.4) is 0 Å². The van der Waals surface area contributed by atoms with Gasteiger partial charge in [-0.2, -0.15) is 0 Å². The van der Waals surface area contributed by atoms with Gasteiger partial charge in [0.15, 0.2) is 0 Å². The van der Waals surface area contributed by atoms with Crippen molar-refractivity contribution in [2.24, 2.45) is 0 Å². The van der Waals surface area contributed by atoms with Crippen LogP contribution in [0.2, 0.25) is 0 Å². The highest BCUT2D eigenvalue weighted by Gasteiger charge is 2.19. The van der Waals surface area contributed by atoms with Crippen molar-refractivity contribution in [3.63, 3.8) is 0 Å². The minimum Gasteiger partial charge on any atom is -0.354 e. The van der Waals surface area contributed by atoms with Crippen LogP contribution in [-0.4, -0.2) is 34.9 Å². The second kappa shape index (κ2) is 7.92. The minimum absolute atomic E-state index is 0.0477. The van der Waals surface area contributed by atoms with Gasteiger partial charge in [-0.05, 0) is 62.8 Å². The van der Waals surface area contributed by atoms with Gasteiger partial charge in [-0.1, -0.05) is 19.9 Å². The van der Waals surface area contributed by atoms with E-state index in [1.807, 2.05) is 45.1 Å². The van der Waals surface area contributed by atoms with Crippen molar-refractivity contribution in [3.05, 3.63) is 53.3 Å². The van der Waals surface area contributed by atoms with Gasteiger partial charge in [0.1, 0.15) is 6.17 Å². The van der Waals surface area contributed by atoms with E-state index in [-0.39, 0.29) is 12.1 Å². The summed E-state index contributed by atoms with van der Waals surface area (Å²) in [5.74, 6) is 0.0477. The number of aromatic nitrogens is 2. The minimum atomic E-state index is -0.145. The fraction of sp³-hybridized carbons (Fsp3) is 0.364. The maximum atomic E-state index is 12.0. The number of nitrogens with one attached hydrogen (secondary N) is 2. The van der Waals surface area contributed by atoms with Crippen LogP contribution in [0.4, 0.5) is 0 Å². The number of amides is 1. The molecule has 0 spiro atoms. The lowest BCUT2D eigenvalue weighted by molar-refractivity contribution is -0.122. The van der Waals surface area contributed by atoms with Crippen molar-refractivity contribution in [1.82, 2.24) is 20.2 Å². The largest absolute Gasteiger partial charge is 0.354 e. The van der Waals surface area contributed by atoms with Crippen LogP contribution in [0, 0.1) is 6.92 Å². The molecule has 0 aliphatic rings. The van der Waals surface area contributed by atoms with Crippen LogP contribution in [0.15, 0.2) is 36.5 Å². The van der Waals surface area contributed by atoms with Gasteiger partial charge in [-0.15, -0.1) is 0 Å². The van der Waals surface area contributed by atoms with E-state index in [4.69, 9.17) is 0 Å². The molecule has 2 N–H and O–H groups in total. The Hall–Kier alpha value is -2.66. The maximum Gasteiger partial charge on any atom is 0.221 e. The Morgan fingerprint density at radius 2 is 2.00 bits per heavy atom. The lowest BCUT2D eigenvalue weighted by atomic mass is 10.0. The molecule has 1 unspecified atom stereocenters. The summed E-state index contributed by atoms with van der Waals surface area (Å²) in [6.45, 7) is 6.05. The van der Waals surface area contributed by atoms with E-state index in [2.05, 4.69) is 46.5 Å². The van der Waals surface area contributed by atoms with Crippen molar-refractivity contribution in [3.8, 4) is 11.3 Å². The Labute approximate surface area is 160 Å². The summed E-state index contributed by atoms with van der Waals surface area (Å²) < 4.78 is 0. The number of carbonyl (C=O) groups excluding carboxylic acids is 1. The van der Waals surface area contributed by atoms with Gasteiger partial charge < -0.3 is 10.3 Å². The molecule has 0 bridgehead atoms. The third kappa shape index (κ3) is 3.88. The molecule has 1 aromatic carbocycles. The van der Waals surface area contributed by atoms with Crippen LogP contribution >= 0.6 is 0 Å². The van der Waals surface area contributed by atoms with Crippen molar-refractivity contribution < 1.29 is 4.79 Å². The number of H-pyrrole nitrogens is 1. The lowest BCUT2D eigenvalue weighted by Crippen LogP contribution is -2.37. The monoisotopic (exact) mass is 364 g/mol.